The summed E-state index contributed by atoms with van der Waals surface area (Å²) in [6.07, 6.45) is 3.18. The van der Waals surface area contributed by atoms with Crippen LogP contribution in [0.3, 0.4) is 0 Å². The van der Waals surface area contributed by atoms with Gasteiger partial charge in [-0.05, 0) is 52.2 Å². The molecule has 0 rings (SSSR count). The third kappa shape index (κ3) is 4.86. The first-order chi connectivity index (χ1) is 6.34. The number of hydrogen-bond acceptors (Lipinski definition) is 0. The third-order valence-corrected chi connectivity index (χ3v) is 2.20. The van der Waals surface area contributed by atoms with Crippen LogP contribution in [0.4, 0.5) is 0 Å². The Morgan fingerprint density at radius 2 is 1.50 bits per heavy atom. The van der Waals surface area contributed by atoms with Gasteiger partial charge in [0.1, 0.15) is 0 Å². The number of rotatable bonds is 4. The van der Waals surface area contributed by atoms with Gasteiger partial charge in [-0.15, -0.1) is 0 Å². The van der Waals surface area contributed by atoms with Crippen molar-refractivity contribution in [3.8, 4) is 0 Å². The van der Waals surface area contributed by atoms with E-state index in [0.717, 1.165) is 12.0 Å². The largest absolute Gasteiger partial charge is 0.0998 e. The number of hydrogen-bond donors (Lipinski definition) is 0. The highest BCUT2D eigenvalue weighted by Gasteiger charge is 1.98. The zero-order valence-electron chi connectivity index (χ0n) is 10.2. The molecule has 0 radical (unpaired) electrons. The maximum absolute atomic E-state index is 3.94. The average Bonchev–Trinajstić information content (AvgIpc) is 2.01. The van der Waals surface area contributed by atoms with Crippen molar-refractivity contribution >= 4 is 0 Å². The van der Waals surface area contributed by atoms with E-state index in [0.29, 0.717) is 0 Å². The lowest BCUT2D eigenvalue weighted by molar-refractivity contribution is 1.11. The Morgan fingerprint density at radius 3 is 1.79 bits per heavy atom. The second-order valence-corrected chi connectivity index (χ2v) is 4.27. The SMILES string of the molecule is C=C(C)CC(/C=C(\C)C(=C)C)=C(C)C. The van der Waals surface area contributed by atoms with Gasteiger partial charge in [-0.25, -0.2) is 0 Å². The monoisotopic (exact) mass is 190 g/mol. The Bertz CT molecular complexity index is 294. The molecule has 0 heteroatoms. The van der Waals surface area contributed by atoms with E-state index in [-0.39, 0.29) is 0 Å². The molecule has 14 heavy (non-hydrogen) atoms. The van der Waals surface area contributed by atoms with Gasteiger partial charge in [-0.1, -0.05) is 36.0 Å². The van der Waals surface area contributed by atoms with Gasteiger partial charge in [0.25, 0.3) is 0 Å². The molecule has 0 heterocycles. The summed E-state index contributed by atoms with van der Waals surface area (Å²) >= 11 is 0. The molecule has 0 unspecified atom stereocenters. The fourth-order valence-corrected chi connectivity index (χ4v) is 1.08. The van der Waals surface area contributed by atoms with E-state index in [1.807, 2.05) is 6.92 Å². The van der Waals surface area contributed by atoms with Crippen LogP contribution in [0.5, 0.6) is 0 Å². The summed E-state index contributed by atoms with van der Waals surface area (Å²) in [6.45, 7) is 18.4. The molecule has 0 aromatic carbocycles. The molecule has 0 N–H and O–H groups in total. The summed E-state index contributed by atoms with van der Waals surface area (Å²) in [6, 6.07) is 0. The quantitative estimate of drug-likeness (QED) is 0.441. The molecule has 0 amide bonds. The summed E-state index contributed by atoms with van der Waals surface area (Å²) in [7, 11) is 0. The molecule has 78 valence electrons. The highest BCUT2D eigenvalue weighted by Crippen LogP contribution is 2.18. The molecule has 0 spiro atoms. The number of allylic oxidation sites excluding steroid dienone is 6. The van der Waals surface area contributed by atoms with Crippen molar-refractivity contribution < 1.29 is 0 Å². The van der Waals surface area contributed by atoms with Crippen molar-refractivity contribution in [2.45, 2.75) is 41.0 Å². The van der Waals surface area contributed by atoms with Gasteiger partial charge in [-0.2, -0.15) is 0 Å². The Morgan fingerprint density at radius 1 is 1.00 bits per heavy atom. The Balaban J connectivity index is 4.90. The van der Waals surface area contributed by atoms with Crippen molar-refractivity contribution in [1.82, 2.24) is 0 Å². The van der Waals surface area contributed by atoms with Crippen molar-refractivity contribution in [1.29, 1.82) is 0 Å². The summed E-state index contributed by atoms with van der Waals surface area (Å²) in [5, 5.41) is 0. The van der Waals surface area contributed by atoms with Crippen LogP contribution >= 0.6 is 0 Å². The van der Waals surface area contributed by atoms with Crippen molar-refractivity contribution in [2.24, 2.45) is 0 Å². The maximum atomic E-state index is 3.94. The first-order valence-electron chi connectivity index (χ1n) is 4.99. The second-order valence-electron chi connectivity index (χ2n) is 4.27. The summed E-state index contributed by atoms with van der Waals surface area (Å²) in [4.78, 5) is 0. The van der Waals surface area contributed by atoms with E-state index in [1.165, 1.54) is 22.3 Å². The molecule has 0 nitrogen and oxygen atoms in total. The molecular weight excluding hydrogens is 168 g/mol. The van der Waals surface area contributed by atoms with Crippen LogP contribution in [0, 0.1) is 0 Å². The van der Waals surface area contributed by atoms with E-state index in [9.17, 15) is 0 Å². The molecule has 0 aliphatic rings. The molecule has 0 saturated carbocycles. The molecule has 0 aromatic heterocycles. The molecule has 0 bridgehead atoms. The highest BCUT2D eigenvalue weighted by molar-refractivity contribution is 5.36. The zero-order valence-corrected chi connectivity index (χ0v) is 10.2. The molecule has 0 saturated heterocycles. The molecule has 0 aliphatic heterocycles. The van der Waals surface area contributed by atoms with Crippen LogP contribution in [-0.4, -0.2) is 0 Å². The van der Waals surface area contributed by atoms with Gasteiger partial charge in [-0.3, -0.25) is 0 Å². The average molecular weight is 190 g/mol. The minimum absolute atomic E-state index is 0.965. The first kappa shape index (κ1) is 13.0. The van der Waals surface area contributed by atoms with E-state index in [1.54, 1.807) is 0 Å². The lowest BCUT2D eigenvalue weighted by atomic mass is 9.99. The predicted molar refractivity (Wildman–Crippen MR) is 66.4 cm³/mol. The first-order valence-corrected chi connectivity index (χ1v) is 4.99. The van der Waals surface area contributed by atoms with Gasteiger partial charge in [0.15, 0.2) is 0 Å². The lowest BCUT2D eigenvalue weighted by Crippen LogP contribution is -1.87. The van der Waals surface area contributed by atoms with E-state index in [4.69, 9.17) is 0 Å². The molecule has 0 aromatic rings. The van der Waals surface area contributed by atoms with Gasteiger partial charge >= 0.3 is 0 Å². The van der Waals surface area contributed by atoms with Crippen molar-refractivity contribution in [3.63, 3.8) is 0 Å². The van der Waals surface area contributed by atoms with Crippen LogP contribution in [0.2, 0.25) is 0 Å². The van der Waals surface area contributed by atoms with Gasteiger partial charge in [0.2, 0.25) is 0 Å². The Kier molecular flexibility index (Phi) is 5.22. The molecular formula is C14H22. The van der Waals surface area contributed by atoms with E-state index in [2.05, 4.69) is 46.9 Å². The zero-order chi connectivity index (χ0) is 11.3. The van der Waals surface area contributed by atoms with E-state index < -0.39 is 0 Å². The Labute approximate surface area is 88.7 Å². The smallest absolute Gasteiger partial charge is 0.00731 e. The van der Waals surface area contributed by atoms with E-state index >= 15 is 0 Å². The second kappa shape index (κ2) is 5.64. The minimum atomic E-state index is 0.965. The van der Waals surface area contributed by atoms with Gasteiger partial charge in [0, 0.05) is 0 Å². The summed E-state index contributed by atoms with van der Waals surface area (Å²) < 4.78 is 0. The molecule has 0 aliphatic carbocycles. The van der Waals surface area contributed by atoms with Crippen LogP contribution < -0.4 is 0 Å². The molecule has 0 atom stereocenters. The van der Waals surface area contributed by atoms with Crippen LogP contribution in [0.15, 0.2) is 47.1 Å². The lowest BCUT2D eigenvalue weighted by Gasteiger charge is -2.07. The van der Waals surface area contributed by atoms with Gasteiger partial charge < -0.3 is 0 Å². The third-order valence-electron chi connectivity index (χ3n) is 2.20. The van der Waals surface area contributed by atoms with Gasteiger partial charge in [0.05, 0.1) is 0 Å². The predicted octanol–water partition coefficient (Wildman–Crippen LogP) is 4.81. The normalized spacial score (nSPS) is 11.1. The van der Waals surface area contributed by atoms with Crippen molar-refractivity contribution in [3.05, 3.63) is 47.1 Å². The standard InChI is InChI=1S/C14H22/c1-10(2)8-14(12(5)6)9-13(7)11(3)4/h9H,1,3,8H2,2,4-7H3/b13-9+. The maximum Gasteiger partial charge on any atom is -0.00731 e. The highest BCUT2D eigenvalue weighted by atomic mass is 14.0. The van der Waals surface area contributed by atoms with Crippen LogP contribution in [-0.2, 0) is 0 Å². The van der Waals surface area contributed by atoms with Crippen LogP contribution in [0.1, 0.15) is 41.0 Å². The fourth-order valence-electron chi connectivity index (χ4n) is 1.08. The molecule has 0 fully saturated rings. The summed E-state index contributed by atoms with van der Waals surface area (Å²) in [5.41, 5.74) is 6.30. The summed E-state index contributed by atoms with van der Waals surface area (Å²) in [5.74, 6) is 0. The Hall–Kier alpha value is -1.04. The fraction of sp³-hybridized carbons (Fsp3) is 0.429. The van der Waals surface area contributed by atoms with Crippen molar-refractivity contribution in [2.75, 3.05) is 0 Å². The van der Waals surface area contributed by atoms with Crippen LogP contribution in [0.25, 0.3) is 0 Å². The minimum Gasteiger partial charge on any atom is -0.0998 e. The topological polar surface area (TPSA) is 0 Å².